The molecule has 3 rings (SSSR count). The standard InChI is InChI=1S/C19H17F3N4O/c1-12-4-2-3-5-14(12)15(27)11-24-17-10-16(19(20,21)22)25-18(26-17)13-6-8-23-9-7-13/h2-10,15,27H,11H2,1H3,(H,24,25,26). The van der Waals surface area contributed by atoms with E-state index in [1.54, 1.807) is 12.1 Å². The average molecular weight is 374 g/mol. The molecule has 0 fully saturated rings. The summed E-state index contributed by atoms with van der Waals surface area (Å²) in [6.45, 7) is 1.86. The Bertz CT molecular complexity index is 916. The van der Waals surface area contributed by atoms with Gasteiger partial charge in [-0.25, -0.2) is 9.97 Å². The smallest absolute Gasteiger partial charge is 0.387 e. The van der Waals surface area contributed by atoms with Gasteiger partial charge in [0.15, 0.2) is 11.5 Å². The van der Waals surface area contributed by atoms with Gasteiger partial charge in [0.05, 0.1) is 6.10 Å². The van der Waals surface area contributed by atoms with Crippen LogP contribution in [0.5, 0.6) is 0 Å². The number of hydrogen-bond acceptors (Lipinski definition) is 5. The van der Waals surface area contributed by atoms with Crippen LogP contribution in [0.15, 0.2) is 54.9 Å². The van der Waals surface area contributed by atoms with Crippen molar-refractivity contribution in [3.63, 3.8) is 0 Å². The number of nitrogens with zero attached hydrogens (tertiary/aromatic N) is 3. The molecule has 0 radical (unpaired) electrons. The minimum absolute atomic E-state index is 0.00888. The summed E-state index contributed by atoms with van der Waals surface area (Å²) in [5.74, 6) is -0.0862. The van der Waals surface area contributed by atoms with E-state index in [4.69, 9.17) is 0 Å². The van der Waals surface area contributed by atoms with Crippen LogP contribution < -0.4 is 5.32 Å². The van der Waals surface area contributed by atoms with Crippen LogP contribution in [0.25, 0.3) is 11.4 Å². The molecule has 27 heavy (non-hydrogen) atoms. The molecular formula is C19H17F3N4O. The number of aliphatic hydroxyl groups is 1. The number of alkyl halides is 3. The van der Waals surface area contributed by atoms with Crippen LogP contribution in [-0.4, -0.2) is 26.6 Å². The predicted octanol–water partition coefficient (Wildman–Crippen LogP) is 4.01. The van der Waals surface area contributed by atoms with Gasteiger partial charge in [-0.05, 0) is 30.2 Å². The maximum absolute atomic E-state index is 13.2. The quantitative estimate of drug-likeness (QED) is 0.706. The molecule has 8 heteroatoms. The second kappa shape index (κ2) is 7.71. The summed E-state index contributed by atoms with van der Waals surface area (Å²) >= 11 is 0. The maximum atomic E-state index is 13.2. The van der Waals surface area contributed by atoms with Gasteiger partial charge in [-0.15, -0.1) is 0 Å². The molecule has 140 valence electrons. The summed E-state index contributed by atoms with van der Waals surface area (Å²) in [5, 5.41) is 13.1. The van der Waals surface area contributed by atoms with Gasteiger partial charge in [-0.3, -0.25) is 4.98 Å². The van der Waals surface area contributed by atoms with Crippen LogP contribution in [0.3, 0.4) is 0 Å². The van der Waals surface area contributed by atoms with Crippen LogP contribution in [0.4, 0.5) is 19.0 Å². The fourth-order valence-corrected chi connectivity index (χ4v) is 2.58. The molecule has 2 aromatic heterocycles. The van der Waals surface area contributed by atoms with Gasteiger partial charge in [0.1, 0.15) is 5.82 Å². The Morgan fingerprint density at radius 1 is 1.07 bits per heavy atom. The summed E-state index contributed by atoms with van der Waals surface area (Å²) in [6, 6.07) is 11.1. The molecule has 2 heterocycles. The van der Waals surface area contributed by atoms with Crippen molar-refractivity contribution in [2.24, 2.45) is 0 Å². The zero-order valence-electron chi connectivity index (χ0n) is 14.4. The number of rotatable bonds is 5. The molecule has 0 saturated carbocycles. The first-order valence-corrected chi connectivity index (χ1v) is 8.19. The molecule has 0 spiro atoms. The SMILES string of the molecule is Cc1ccccc1C(O)CNc1cc(C(F)(F)F)nc(-c2ccncc2)n1. The lowest BCUT2D eigenvalue weighted by Gasteiger charge is -2.16. The number of halogens is 3. The molecule has 1 unspecified atom stereocenters. The van der Waals surface area contributed by atoms with Gasteiger partial charge in [-0.2, -0.15) is 13.2 Å². The highest BCUT2D eigenvalue weighted by atomic mass is 19.4. The highest BCUT2D eigenvalue weighted by Crippen LogP contribution is 2.31. The third-order valence-electron chi connectivity index (χ3n) is 3.98. The van der Waals surface area contributed by atoms with Crippen LogP contribution in [-0.2, 0) is 6.18 Å². The van der Waals surface area contributed by atoms with E-state index < -0.39 is 18.0 Å². The molecule has 0 aliphatic carbocycles. The van der Waals surface area contributed by atoms with Gasteiger partial charge < -0.3 is 10.4 Å². The van der Waals surface area contributed by atoms with E-state index in [0.717, 1.165) is 11.6 Å². The van der Waals surface area contributed by atoms with E-state index in [0.29, 0.717) is 11.1 Å². The number of hydrogen-bond donors (Lipinski definition) is 2. The third kappa shape index (κ3) is 4.59. The summed E-state index contributed by atoms with van der Waals surface area (Å²) in [6.07, 6.45) is -2.60. The average Bonchev–Trinajstić information content (AvgIpc) is 2.66. The monoisotopic (exact) mass is 374 g/mol. The largest absolute Gasteiger partial charge is 0.433 e. The van der Waals surface area contributed by atoms with Crippen LogP contribution in [0, 0.1) is 6.92 Å². The van der Waals surface area contributed by atoms with Crippen molar-refractivity contribution in [2.45, 2.75) is 19.2 Å². The molecule has 1 aromatic carbocycles. The van der Waals surface area contributed by atoms with Gasteiger partial charge in [-0.1, -0.05) is 24.3 Å². The molecule has 2 N–H and O–H groups in total. The number of aliphatic hydroxyl groups excluding tert-OH is 1. The molecule has 0 amide bonds. The lowest BCUT2D eigenvalue weighted by molar-refractivity contribution is -0.141. The third-order valence-corrected chi connectivity index (χ3v) is 3.98. The van der Waals surface area contributed by atoms with Gasteiger partial charge in [0.25, 0.3) is 0 Å². The van der Waals surface area contributed by atoms with Crippen molar-refractivity contribution in [2.75, 3.05) is 11.9 Å². The zero-order valence-corrected chi connectivity index (χ0v) is 14.4. The zero-order chi connectivity index (χ0) is 19.4. The molecule has 1 atom stereocenters. The van der Waals surface area contributed by atoms with Gasteiger partial charge in [0.2, 0.25) is 0 Å². The van der Waals surface area contributed by atoms with E-state index in [9.17, 15) is 18.3 Å². The molecular weight excluding hydrogens is 357 g/mol. The first-order chi connectivity index (χ1) is 12.8. The molecule has 5 nitrogen and oxygen atoms in total. The Hall–Kier alpha value is -3.00. The first kappa shape index (κ1) is 18.8. The number of nitrogens with one attached hydrogen (secondary N) is 1. The number of aromatic nitrogens is 3. The number of benzene rings is 1. The van der Waals surface area contributed by atoms with Crippen LogP contribution >= 0.6 is 0 Å². The highest BCUT2D eigenvalue weighted by molar-refractivity contribution is 5.57. The summed E-state index contributed by atoms with van der Waals surface area (Å²) < 4.78 is 39.6. The summed E-state index contributed by atoms with van der Waals surface area (Å²) in [4.78, 5) is 11.6. The van der Waals surface area contributed by atoms with Crippen molar-refractivity contribution < 1.29 is 18.3 Å². The Kier molecular flexibility index (Phi) is 5.36. The predicted molar refractivity (Wildman–Crippen MR) is 94.9 cm³/mol. The lowest BCUT2D eigenvalue weighted by atomic mass is 10.0. The van der Waals surface area contributed by atoms with Crippen molar-refractivity contribution >= 4 is 5.82 Å². The second-order valence-corrected chi connectivity index (χ2v) is 5.95. The fourth-order valence-electron chi connectivity index (χ4n) is 2.58. The van der Waals surface area contributed by atoms with Crippen LogP contribution in [0.2, 0.25) is 0 Å². The van der Waals surface area contributed by atoms with Crippen molar-refractivity contribution in [3.05, 3.63) is 71.7 Å². The first-order valence-electron chi connectivity index (χ1n) is 8.19. The number of pyridine rings is 1. The Balaban J connectivity index is 1.87. The maximum Gasteiger partial charge on any atom is 0.433 e. The number of anilines is 1. The summed E-state index contributed by atoms with van der Waals surface area (Å²) in [5.41, 5.74) is 0.947. The van der Waals surface area contributed by atoms with Crippen LogP contribution in [0.1, 0.15) is 22.9 Å². The van der Waals surface area contributed by atoms with Gasteiger partial charge >= 0.3 is 6.18 Å². The minimum atomic E-state index is -4.62. The molecule has 0 aliphatic heterocycles. The fraction of sp³-hybridized carbons (Fsp3) is 0.211. The number of aryl methyl sites for hydroxylation is 1. The van der Waals surface area contributed by atoms with Crippen molar-refractivity contribution in [3.8, 4) is 11.4 Å². The Morgan fingerprint density at radius 3 is 2.44 bits per heavy atom. The Labute approximate surface area is 154 Å². The molecule has 3 aromatic rings. The normalized spacial score (nSPS) is 12.6. The molecule has 0 saturated heterocycles. The Morgan fingerprint density at radius 2 is 1.78 bits per heavy atom. The topological polar surface area (TPSA) is 70.9 Å². The second-order valence-electron chi connectivity index (χ2n) is 5.95. The van der Waals surface area contributed by atoms with E-state index in [2.05, 4.69) is 20.3 Å². The highest BCUT2D eigenvalue weighted by Gasteiger charge is 2.34. The molecule has 0 bridgehead atoms. The van der Waals surface area contributed by atoms with Crippen molar-refractivity contribution in [1.29, 1.82) is 0 Å². The summed E-state index contributed by atoms with van der Waals surface area (Å²) in [7, 11) is 0. The van der Waals surface area contributed by atoms with E-state index in [1.807, 2.05) is 19.1 Å². The molecule has 0 aliphatic rings. The van der Waals surface area contributed by atoms with E-state index >= 15 is 0 Å². The minimum Gasteiger partial charge on any atom is -0.387 e. The van der Waals surface area contributed by atoms with Crippen molar-refractivity contribution in [1.82, 2.24) is 15.0 Å². The lowest BCUT2D eigenvalue weighted by Crippen LogP contribution is -2.16. The van der Waals surface area contributed by atoms with E-state index in [-0.39, 0.29) is 18.2 Å². The van der Waals surface area contributed by atoms with Gasteiger partial charge in [0, 0.05) is 30.6 Å². The van der Waals surface area contributed by atoms with E-state index in [1.165, 1.54) is 24.5 Å².